The number of hydrogen-bond acceptors (Lipinski definition) is 5. The molecule has 0 atom stereocenters. The Hall–Kier alpha value is -2.85. The molecule has 2 amide bonds. The quantitative estimate of drug-likeness (QED) is 0.905. The molecule has 2 heterocycles. The molecular weight excluding hydrogens is 328 g/mol. The standard InChI is InChI=1S/C16H15ClN6O/c17-12-1-3-13(4-2-12)21-16(24)23-9-7-22(8-10-23)15-14(11-18)19-5-6-20-15/h1-6H,7-10H2,(H,21,24). The van der Waals surface area contributed by atoms with Crippen LogP contribution in [0.2, 0.25) is 5.02 Å². The van der Waals surface area contributed by atoms with E-state index in [0.29, 0.717) is 48.4 Å². The zero-order valence-corrected chi connectivity index (χ0v) is 13.6. The van der Waals surface area contributed by atoms with Crippen molar-refractivity contribution in [1.82, 2.24) is 14.9 Å². The maximum Gasteiger partial charge on any atom is 0.321 e. The molecule has 1 saturated heterocycles. The number of nitrogens with zero attached hydrogens (tertiary/aromatic N) is 5. The summed E-state index contributed by atoms with van der Waals surface area (Å²) in [6.45, 7) is 2.28. The van der Waals surface area contributed by atoms with Gasteiger partial charge in [-0.2, -0.15) is 5.26 Å². The van der Waals surface area contributed by atoms with E-state index in [0.717, 1.165) is 0 Å². The second-order valence-corrected chi connectivity index (χ2v) is 5.69. The molecule has 24 heavy (non-hydrogen) atoms. The summed E-state index contributed by atoms with van der Waals surface area (Å²) in [5, 5.41) is 12.6. The van der Waals surface area contributed by atoms with E-state index in [2.05, 4.69) is 15.3 Å². The molecule has 8 heteroatoms. The van der Waals surface area contributed by atoms with Gasteiger partial charge in [0.15, 0.2) is 11.5 Å². The van der Waals surface area contributed by atoms with Crippen molar-refractivity contribution >= 4 is 29.1 Å². The molecule has 0 bridgehead atoms. The SMILES string of the molecule is N#Cc1nccnc1N1CCN(C(=O)Nc2ccc(Cl)cc2)CC1. The molecular formula is C16H15ClN6O. The van der Waals surface area contributed by atoms with Crippen molar-refractivity contribution in [2.75, 3.05) is 36.4 Å². The Morgan fingerprint density at radius 3 is 2.46 bits per heavy atom. The topological polar surface area (TPSA) is 85.2 Å². The molecule has 0 saturated carbocycles. The van der Waals surface area contributed by atoms with Crippen LogP contribution in [0.25, 0.3) is 0 Å². The van der Waals surface area contributed by atoms with Crippen LogP contribution in [0.1, 0.15) is 5.69 Å². The first-order valence-electron chi connectivity index (χ1n) is 7.45. The Balaban J connectivity index is 1.59. The van der Waals surface area contributed by atoms with Gasteiger partial charge in [0, 0.05) is 49.3 Å². The summed E-state index contributed by atoms with van der Waals surface area (Å²) in [6, 6.07) is 8.87. The molecule has 1 aromatic heterocycles. The lowest BCUT2D eigenvalue weighted by Gasteiger charge is -2.35. The lowest BCUT2D eigenvalue weighted by atomic mass is 10.3. The van der Waals surface area contributed by atoms with Gasteiger partial charge in [-0.1, -0.05) is 11.6 Å². The fourth-order valence-corrected chi connectivity index (χ4v) is 2.62. The highest BCUT2D eigenvalue weighted by atomic mass is 35.5. The van der Waals surface area contributed by atoms with Crippen LogP contribution in [0.15, 0.2) is 36.7 Å². The van der Waals surface area contributed by atoms with Gasteiger partial charge in [0.05, 0.1) is 0 Å². The number of piperazine rings is 1. The fraction of sp³-hybridized carbons (Fsp3) is 0.250. The third-order valence-corrected chi connectivity index (χ3v) is 4.00. The van der Waals surface area contributed by atoms with Crippen LogP contribution in [-0.2, 0) is 0 Å². The van der Waals surface area contributed by atoms with Crippen molar-refractivity contribution in [1.29, 1.82) is 5.26 Å². The van der Waals surface area contributed by atoms with E-state index >= 15 is 0 Å². The second-order valence-electron chi connectivity index (χ2n) is 5.25. The Morgan fingerprint density at radius 2 is 1.79 bits per heavy atom. The first-order valence-corrected chi connectivity index (χ1v) is 7.83. The van der Waals surface area contributed by atoms with E-state index in [1.54, 1.807) is 35.4 Å². The third kappa shape index (κ3) is 3.55. The minimum atomic E-state index is -0.156. The number of urea groups is 1. The van der Waals surface area contributed by atoms with Gasteiger partial charge in [-0.3, -0.25) is 0 Å². The summed E-state index contributed by atoms with van der Waals surface area (Å²) in [6.07, 6.45) is 3.06. The van der Waals surface area contributed by atoms with Gasteiger partial charge < -0.3 is 15.1 Å². The van der Waals surface area contributed by atoms with Gasteiger partial charge in [-0.05, 0) is 24.3 Å². The largest absolute Gasteiger partial charge is 0.351 e. The first kappa shape index (κ1) is 16.0. The van der Waals surface area contributed by atoms with E-state index < -0.39 is 0 Å². The number of aromatic nitrogens is 2. The van der Waals surface area contributed by atoms with Crippen molar-refractivity contribution in [3.8, 4) is 6.07 Å². The lowest BCUT2D eigenvalue weighted by Crippen LogP contribution is -2.50. The lowest BCUT2D eigenvalue weighted by molar-refractivity contribution is 0.208. The number of amides is 2. The van der Waals surface area contributed by atoms with E-state index in [1.165, 1.54) is 6.20 Å². The van der Waals surface area contributed by atoms with Crippen LogP contribution in [0.3, 0.4) is 0 Å². The van der Waals surface area contributed by atoms with Crippen LogP contribution >= 0.6 is 11.6 Å². The van der Waals surface area contributed by atoms with Gasteiger partial charge in [-0.25, -0.2) is 14.8 Å². The van der Waals surface area contributed by atoms with Gasteiger partial charge in [0.1, 0.15) is 6.07 Å². The number of nitrogens with one attached hydrogen (secondary N) is 1. The van der Waals surface area contributed by atoms with Gasteiger partial charge in [0.25, 0.3) is 0 Å². The highest BCUT2D eigenvalue weighted by Gasteiger charge is 2.23. The Kier molecular flexibility index (Phi) is 4.77. The van der Waals surface area contributed by atoms with Crippen molar-refractivity contribution < 1.29 is 4.79 Å². The molecule has 1 N–H and O–H groups in total. The average Bonchev–Trinajstić information content (AvgIpc) is 2.63. The molecule has 7 nitrogen and oxygen atoms in total. The monoisotopic (exact) mass is 342 g/mol. The number of carbonyl (C=O) groups excluding carboxylic acids is 1. The zero-order valence-electron chi connectivity index (χ0n) is 12.8. The Morgan fingerprint density at radius 1 is 1.12 bits per heavy atom. The highest BCUT2D eigenvalue weighted by molar-refractivity contribution is 6.30. The molecule has 0 spiro atoms. The second kappa shape index (κ2) is 7.15. The molecule has 0 aliphatic carbocycles. The third-order valence-electron chi connectivity index (χ3n) is 3.75. The van der Waals surface area contributed by atoms with Crippen LogP contribution in [0.5, 0.6) is 0 Å². The van der Waals surface area contributed by atoms with Crippen LogP contribution < -0.4 is 10.2 Å². The maximum absolute atomic E-state index is 12.3. The smallest absolute Gasteiger partial charge is 0.321 e. The number of anilines is 2. The molecule has 1 aliphatic heterocycles. The normalized spacial score (nSPS) is 14.2. The fourth-order valence-electron chi connectivity index (χ4n) is 2.50. The summed E-state index contributed by atoms with van der Waals surface area (Å²) >= 11 is 5.83. The van der Waals surface area contributed by atoms with E-state index in [9.17, 15) is 4.79 Å². The number of carbonyl (C=O) groups is 1. The zero-order chi connectivity index (χ0) is 16.9. The molecule has 2 aromatic rings. The van der Waals surface area contributed by atoms with Gasteiger partial charge >= 0.3 is 6.03 Å². The van der Waals surface area contributed by atoms with Crippen molar-refractivity contribution in [3.63, 3.8) is 0 Å². The first-order chi connectivity index (χ1) is 11.7. The van der Waals surface area contributed by atoms with E-state index in [1.807, 2.05) is 11.0 Å². The number of nitriles is 1. The van der Waals surface area contributed by atoms with Crippen LogP contribution in [0.4, 0.5) is 16.3 Å². The van der Waals surface area contributed by atoms with Gasteiger partial charge in [0.2, 0.25) is 0 Å². The number of hydrogen-bond donors (Lipinski definition) is 1. The summed E-state index contributed by atoms with van der Waals surface area (Å²) in [7, 11) is 0. The number of benzene rings is 1. The molecule has 1 fully saturated rings. The van der Waals surface area contributed by atoms with E-state index in [4.69, 9.17) is 16.9 Å². The molecule has 0 unspecified atom stereocenters. The van der Waals surface area contributed by atoms with E-state index in [-0.39, 0.29) is 6.03 Å². The predicted molar refractivity (Wildman–Crippen MR) is 91.0 cm³/mol. The van der Waals surface area contributed by atoms with Crippen LogP contribution in [-0.4, -0.2) is 47.1 Å². The number of halogens is 1. The summed E-state index contributed by atoms with van der Waals surface area (Å²) in [4.78, 5) is 24.3. The Bertz CT molecular complexity index is 765. The Labute approximate surface area is 144 Å². The van der Waals surface area contributed by atoms with Crippen molar-refractivity contribution in [2.45, 2.75) is 0 Å². The minimum Gasteiger partial charge on any atom is -0.351 e. The van der Waals surface area contributed by atoms with Crippen LogP contribution in [0, 0.1) is 11.3 Å². The summed E-state index contributed by atoms with van der Waals surface area (Å²) < 4.78 is 0. The maximum atomic E-state index is 12.3. The molecule has 1 aliphatic rings. The molecule has 3 rings (SSSR count). The predicted octanol–water partition coefficient (Wildman–Crippen LogP) is 2.36. The van der Waals surface area contributed by atoms with Gasteiger partial charge in [-0.15, -0.1) is 0 Å². The number of rotatable bonds is 2. The molecule has 1 aromatic carbocycles. The summed E-state index contributed by atoms with van der Waals surface area (Å²) in [5.74, 6) is 0.567. The minimum absolute atomic E-state index is 0.156. The molecule has 0 radical (unpaired) electrons. The molecule has 122 valence electrons. The highest BCUT2D eigenvalue weighted by Crippen LogP contribution is 2.17. The van der Waals surface area contributed by atoms with Crippen molar-refractivity contribution in [3.05, 3.63) is 47.4 Å². The van der Waals surface area contributed by atoms with Crippen molar-refractivity contribution in [2.24, 2.45) is 0 Å². The summed E-state index contributed by atoms with van der Waals surface area (Å²) in [5.41, 5.74) is 1.00. The average molecular weight is 343 g/mol.